The molecule has 0 aliphatic rings. The number of aryl methyl sites for hydroxylation is 1. The van der Waals surface area contributed by atoms with E-state index in [9.17, 15) is 4.39 Å². The minimum Gasteiger partial charge on any atom is -0.207 e. The Bertz CT molecular complexity index is 625. The first-order valence-electron chi connectivity index (χ1n) is 8.74. The Morgan fingerprint density at radius 3 is 1.96 bits per heavy atom. The molecule has 2 aromatic carbocycles. The molecule has 0 N–H and O–H groups in total. The highest BCUT2D eigenvalue weighted by molar-refractivity contribution is 5.30. The third-order valence-corrected chi connectivity index (χ3v) is 4.90. The van der Waals surface area contributed by atoms with Gasteiger partial charge in [0.05, 0.1) is 0 Å². The molecule has 0 amide bonds. The molecule has 124 valence electrons. The van der Waals surface area contributed by atoms with Crippen LogP contribution >= 0.6 is 0 Å². The van der Waals surface area contributed by atoms with E-state index in [0.29, 0.717) is 11.8 Å². The van der Waals surface area contributed by atoms with Crippen LogP contribution in [0.2, 0.25) is 0 Å². The quantitative estimate of drug-likeness (QED) is 0.541. The first-order chi connectivity index (χ1) is 10.9. The van der Waals surface area contributed by atoms with E-state index < -0.39 is 0 Å². The molecule has 0 aliphatic heterocycles. The van der Waals surface area contributed by atoms with Crippen LogP contribution in [0.15, 0.2) is 42.5 Å². The van der Waals surface area contributed by atoms with Crippen molar-refractivity contribution in [2.24, 2.45) is 0 Å². The SMILES string of the molecule is Cc1ccc([C@@H](C)CCC(C)c2cc(C(C)C)ccc2F)cc1. The van der Waals surface area contributed by atoms with Gasteiger partial charge in [-0.1, -0.05) is 69.7 Å². The fraction of sp³-hybridized carbons (Fsp3) is 0.455. The van der Waals surface area contributed by atoms with E-state index in [4.69, 9.17) is 0 Å². The Hall–Kier alpha value is -1.63. The number of hydrogen-bond acceptors (Lipinski definition) is 0. The molecule has 23 heavy (non-hydrogen) atoms. The lowest BCUT2D eigenvalue weighted by Crippen LogP contribution is -2.03. The molecular formula is C22H29F. The van der Waals surface area contributed by atoms with Crippen LogP contribution in [0.25, 0.3) is 0 Å². The van der Waals surface area contributed by atoms with Crippen LogP contribution in [0.4, 0.5) is 4.39 Å². The Balaban J connectivity index is 2.03. The summed E-state index contributed by atoms with van der Waals surface area (Å²) in [5, 5.41) is 0. The van der Waals surface area contributed by atoms with Gasteiger partial charge in [-0.05, 0) is 60.3 Å². The van der Waals surface area contributed by atoms with Gasteiger partial charge in [0.2, 0.25) is 0 Å². The molecular weight excluding hydrogens is 283 g/mol. The van der Waals surface area contributed by atoms with E-state index in [1.54, 1.807) is 6.07 Å². The van der Waals surface area contributed by atoms with Gasteiger partial charge in [0.15, 0.2) is 0 Å². The van der Waals surface area contributed by atoms with Gasteiger partial charge in [-0.25, -0.2) is 4.39 Å². The Morgan fingerprint density at radius 2 is 1.35 bits per heavy atom. The van der Waals surface area contributed by atoms with Crippen LogP contribution < -0.4 is 0 Å². The smallest absolute Gasteiger partial charge is 0.126 e. The third kappa shape index (κ3) is 4.67. The lowest BCUT2D eigenvalue weighted by atomic mass is 9.87. The second-order valence-corrected chi connectivity index (χ2v) is 7.23. The lowest BCUT2D eigenvalue weighted by Gasteiger charge is -2.18. The monoisotopic (exact) mass is 312 g/mol. The summed E-state index contributed by atoms with van der Waals surface area (Å²) in [6.45, 7) is 10.8. The highest BCUT2D eigenvalue weighted by Crippen LogP contribution is 2.30. The maximum atomic E-state index is 14.2. The van der Waals surface area contributed by atoms with Gasteiger partial charge >= 0.3 is 0 Å². The largest absolute Gasteiger partial charge is 0.207 e. The van der Waals surface area contributed by atoms with E-state index in [1.165, 1.54) is 16.7 Å². The van der Waals surface area contributed by atoms with E-state index in [1.807, 2.05) is 6.07 Å². The number of rotatable bonds is 6. The molecule has 0 saturated carbocycles. The maximum Gasteiger partial charge on any atom is 0.126 e. The van der Waals surface area contributed by atoms with Crippen molar-refractivity contribution in [1.29, 1.82) is 0 Å². The number of hydrogen-bond donors (Lipinski definition) is 0. The lowest BCUT2D eigenvalue weighted by molar-refractivity contribution is 0.537. The molecule has 0 spiro atoms. The van der Waals surface area contributed by atoms with Gasteiger partial charge in [-0.3, -0.25) is 0 Å². The van der Waals surface area contributed by atoms with Gasteiger partial charge in [0.1, 0.15) is 5.82 Å². The van der Waals surface area contributed by atoms with E-state index in [-0.39, 0.29) is 11.7 Å². The van der Waals surface area contributed by atoms with Gasteiger partial charge in [-0.15, -0.1) is 0 Å². The zero-order valence-corrected chi connectivity index (χ0v) is 15.1. The molecule has 0 fully saturated rings. The van der Waals surface area contributed by atoms with Crippen molar-refractivity contribution in [1.82, 2.24) is 0 Å². The fourth-order valence-corrected chi connectivity index (χ4v) is 3.02. The summed E-state index contributed by atoms with van der Waals surface area (Å²) in [6.07, 6.45) is 2.09. The van der Waals surface area contributed by atoms with Crippen LogP contribution in [0.1, 0.15) is 80.5 Å². The molecule has 0 nitrogen and oxygen atoms in total. The van der Waals surface area contributed by atoms with Crippen LogP contribution in [-0.4, -0.2) is 0 Å². The predicted molar refractivity (Wildman–Crippen MR) is 97.7 cm³/mol. The summed E-state index contributed by atoms with van der Waals surface area (Å²) in [5.74, 6) is 1.13. The maximum absolute atomic E-state index is 14.2. The molecule has 1 unspecified atom stereocenters. The first kappa shape index (κ1) is 17.7. The number of benzene rings is 2. The van der Waals surface area contributed by atoms with Crippen LogP contribution in [0, 0.1) is 12.7 Å². The van der Waals surface area contributed by atoms with Gasteiger partial charge in [-0.2, -0.15) is 0 Å². The van der Waals surface area contributed by atoms with E-state index in [2.05, 4.69) is 65.0 Å². The summed E-state index contributed by atoms with van der Waals surface area (Å²) in [5.41, 5.74) is 4.76. The van der Waals surface area contributed by atoms with Crippen LogP contribution in [-0.2, 0) is 0 Å². The molecule has 2 aromatic rings. The Kier molecular flexibility index (Phi) is 5.98. The van der Waals surface area contributed by atoms with Crippen molar-refractivity contribution in [3.63, 3.8) is 0 Å². The van der Waals surface area contributed by atoms with E-state index >= 15 is 0 Å². The normalized spacial score (nSPS) is 14.0. The topological polar surface area (TPSA) is 0 Å². The molecule has 0 aromatic heterocycles. The average molecular weight is 312 g/mol. The van der Waals surface area contributed by atoms with Crippen LogP contribution in [0.3, 0.4) is 0 Å². The molecule has 0 saturated heterocycles. The minimum atomic E-state index is -0.0649. The van der Waals surface area contributed by atoms with Crippen LogP contribution in [0.5, 0.6) is 0 Å². The highest BCUT2D eigenvalue weighted by Gasteiger charge is 2.15. The Labute approximate surface area is 140 Å². The average Bonchev–Trinajstić information content (AvgIpc) is 2.53. The van der Waals surface area contributed by atoms with Crippen molar-refractivity contribution in [3.8, 4) is 0 Å². The predicted octanol–water partition coefficient (Wildman–Crippen LogP) is 6.94. The zero-order chi connectivity index (χ0) is 17.0. The number of halogens is 1. The highest BCUT2D eigenvalue weighted by atomic mass is 19.1. The third-order valence-electron chi connectivity index (χ3n) is 4.90. The molecule has 1 heteroatoms. The van der Waals surface area contributed by atoms with Gasteiger partial charge < -0.3 is 0 Å². The molecule has 0 bridgehead atoms. The second-order valence-electron chi connectivity index (χ2n) is 7.23. The summed E-state index contributed by atoms with van der Waals surface area (Å²) in [7, 11) is 0. The standard InChI is InChI=1S/C22H29F/c1-15(2)20-12-13-22(23)21(14-20)18(5)9-8-17(4)19-10-6-16(3)7-11-19/h6-7,10-15,17-18H,8-9H2,1-5H3/t17-,18?/m0/s1. The van der Waals surface area contributed by atoms with Crippen molar-refractivity contribution in [2.45, 2.75) is 65.2 Å². The minimum absolute atomic E-state index is 0.0649. The Morgan fingerprint density at radius 1 is 0.783 bits per heavy atom. The summed E-state index contributed by atoms with van der Waals surface area (Å²) in [4.78, 5) is 0. The fourth-order valence-electron chi connectivity index (χ4n) is 3.02. The molecule has 0 radical (unpaired) electrons. The zero-order valence-electron chi connectivity index (χ0n) is 15.1. The van der Waals surface area contributed by atoms with Crippen molar-refractivity contribution < 1.29 is 4.39 Å². The van der Waals surface area contributed by atoms with Crippen molar-refractivity contribution in [2.75, 3.05) is 0 Å². The van der Waals surface area contributed by atoms with Crippen molar-refractivity contribution >= 4 is 0 Å². The van der Waals surface area contributed by atoms with Gasteiger partial charge in [0.25, 0.3) is 0 Å². The summed E-state index contributed by atoms with van der Waals surface area (Å²) < 4.78 is 14.2. The second kappa shape index (κ2) is 7.77. The van der Waals surface area contributed by atoms with Crippen molar-refractivity contribution in [3.05, 3.63) is 70.5 Å². The molecule has 2 atom stereocenters. The summed E-state index contributed by atoms with van der Waals surface area (Å²) >= 11 is 0. The molecule has 0 heterocycles. The molecule has 2 rings (SSSR count). The summed E-state index contributed by atoms with van der Waals surface area (Å²) in [6, 6.07) is 14.4. The van der Waals surface area contributed by atoms with Gasteiger partial charge in [0, 0.05) is 0 Å². The first-order valence-corrected chi connectivity index (χ1v) is 8.74. The van der Waals surface area contributed by atoms with E-state index in [0.717, 1.165) is 18.4 Å². The molecule has 0 aliphatic carbocycles.